The van der Waals surface area contributed by atoms with Crippen LogP contribution in [0.15, 0.2) is 47.4 Å². The van der Waals surface area contributed by atoms with Crippen LogP contribution in [0.25, 0.3) is 0 Å². The molecule has 2 rings (SSSR count). The van der Waals surface area contributed by atoms with E-state index in [1.807, 2.05) is 30.3 Å². The molecule has 0 aliphatic carbocycles. The molecule has 3 nitrogen and oxygen atoms in total. The molecule has 0 aliphatic heterocycles. The maximum atomic E-state index is 11.3. The van der Waals surface area contributed by atoms with Gasteiger partial charge in [0, 0.05) is 17.1 Å². The van der Waals surface area contributed by atoms with Crippen LogP contribution in [0.5, 0.6) is 5.75 Å². The van der Waals surface area contributed by atoms with E-state index in [4.69, 9.17) is 38.6 Å². The molecular weight excluding hydrogens is 355 g/mol. The van der Waals surface area contributed by atoms with Gasteiger partial charge in [-0.05, 0) is 17.7 Å². The number of rotatable bonds is 5. The van der Waals surface area contributed by atoms with Crippen molar-refractivity contribution in [2.24, 2.45) is 0 Å². The zero-order chi connectivity index (χ0) is 15.5. The van der Waals surface area contributed by atoms with Crippen LogP contribution in [0.4, 0.5) is 0 Å². The van der Waals surface area contributed by atoms with Crippen LogP contribution >= 0.6 is 33.9 Å². The van der Waals surface area contributed by atoms with Crippen LogP contribution in [-0.2, 0) is 15.5 Å². The van der Waals surface area contributed by atoms with Crippen LogP contribution in [0.3, 0.4) is 0 Å². The molecule has 0 heterocycles. The number of ether oxygens (including phenoxy) is 1. The fraction of sp³-hybridized carbons (Fsp3) is 0.143. The molecule has 21 heavy (non-hydrogen) atoms. The van der Waals surface area contributed by atoms with E-state index in [-0.39, 0.29) is 20.7 Å². The van der Waals surface area contributed by atoms with Crippen molar-refractivity contribution < 1.29 is 13.2 Å². The van der Waals surface area contributed by atoms with Gasteiger partial charge in [-0.15, -0.1) is 0 Å². The Morgan fingerprint density at radius 3 is 2.10 bits per heavy atom. The van der Waals surface area contributed by atoms with E-state index < -0.39 is 9.05 Å². The minimum atomic E-state index is -3.88. The maximum Gasteiger partial charge on any atom is 0.261 e. The number of benzene rings is 2. The average molecular weight is 366 g/mol. The van der Waals surface area contributed by atoms with Crippen molar-refractivity contribution in [3.8, 4) is 5.75 Å². The van der Waals surface area contributed by atoms with Crippen molar-refractivity contribution in [2.45, 2.75) is 11.3 Å². The first-order chi connectivity index (χ1) is 9.88. The summed E-state index contributed by atoms with van der Waals surface area (Å²) in [6, 6.07) is 12.2. The van der Waals surface area contributed by atoms with Crippen molar-refractivity contribution in [3.05, 3.63) is 58.1 Å². The molecule has 0 N–H and O–H groups in total. The summed E-state index contributed by atoms with van der Waals surface area (Å²) < 4.78 is 28.0. The van der Waals surface area contributed by atoms with E-state index >= 15 is 0 Å². The highest BCUT2D eigenvalue weighted by Crippen LogP contribution is 2.36. The molecule has 0 aromatic heterocycles. The van der Waals surface area contributed by atoms with Gasteiger partial charge in [-0.1, -0.05) is 53.5 Å². The van der Waals surface area contributed by atoms with Gasteiger partial charge in [-0.25, -0.2) is 8.42 Å². The van der Waals surface area contributed by atoms with E-state index in [0.29, 0.717) is 13.0 Å². The van der Waals surface area contributed by atoms with Crippen molar-refractivity contribution in [2.75, 3.05) is 6.61 Å². The summed E-state index contributed by atoms with van der Waals surface area (Å²) in [5.74, 6) is 0.248. The Balaban J connectivity index is 2.11. The molecule has 2 aromatic carbocycles. The third kappa shape index (κ3) is 4.51. The first-order valence-corrected chi connectivity index (χ1v) is 9.05. The summed E-state index contributed by atoms with van der Waals surface area (Å²) in [7, 11) is 1.37. The van der Waals surface area contributed by atoms with Gasteiger partial charge < -0.3 is 4.74 Å². The Morgan fingerprint density at radius 1 is 1.00 bits per heavy atom. The second-order valence-corrected chi connectivity index (χ2v) is 7.62. The third-order valence-electron chi connectivity index (χ3n) is 2.73. The second-order valence-electron chi connectivity index (χ2n) is 4.24. The first-order valence-electron chi connectivity index (χ1n) is 5.98. The molecule has 0 aliphatic rings. The maximum absolute atomic E-state index is 11.3. The largest absolute Gasteiger partial charge is 0.490 e. The lowest BCUT2D eigenvalue weighted by atomic mass is 10.2. The van der Waals surface area contributed by atoms with Crippen molar-refractivity contribution in [1.82, 2.24) is 0 Å². The summed E-state index contributed by atoms with van der Waals surface area (Å²) in [5, 5.41) is 0.213. The Labute approximate surface area is 137 Å². The molecule has 0 amide bonds. The molecule has 7 heteroatoms. The van der Waals surface area contributed by atoms with Gasteiger partial charge in [-0.3, -0.25) is 0 Å². The fourth-order valence-corrected chi connectivity index (χ4v) is 3.24. The Kier molecular flexibility index (Phi) is 5.38. The molecule has 2 aromatic rings. The Bertz CT molecular complexity index is 707. The molecule has 0 radical (unpaired) electrons. The lowest BCUT2D eigenvalue weighted by molar-refractivity contribution is 0.322. The molecule has 0 unspecified atom stereocenters. The van der Waals surface area contributed by atoms with Crippen LogP contribution in [0, 0.1) is 0 Å². The van der Waals surface area contributed by atoms with Gasteiger partial charge in [0.2, 0.25) is 0 Å². The van der Waals surface area contributed by atoms with E-state index in [9.17, 15) is 8.42 Å². The van der Waals surface area contributed by atoms with E-state index in [2.05, 4.69) is 0 Å². The zero-order valence-electron chi connectivity index (χ0n) is 10.7. The Hall–Kier alpha value is -0.940. The minimum Gasteiger partial charge on any atom is -0.490 e. The van der Waals surface area contributed by atoms with Gasteiger partial charge in [0.1, 0.15) is 0 Å². The molecular formula is C14H11Cl3O3S. The zero-order valence-corrected chi connectivity index (χ0v) is 13.8. The topological polar surface area (TPSA) is 43.4 Å². The quantitative estimate of drug-likeness (QED) is 0.730. The normalized spacial score (nSPS) is 11.4. The van der Waals surface area contributed by atoms with E-state index in [0.717, 1.165) is 5.56 Å². The van der Waals surface area contributed by atoms with Gasteiger partial charge in [0.05, 0.1) is 21.5 Å². The van der Waals surface area contributed by atoms with Crippen LogP contribution in [-0.4, -0.2) is 15.0 Å². The number of hydrogen-bond acceptors (Lipinski definition) is 3. The molecule has 0 saturated heterocycles. The summed E-state index contributed by atoms with van der Waals surface area (Å²) in [6.45, 7) is 0.371. The highest BCUT2D eigenvalue weighted by Gasteiger charge is 2.16. The molecule has 0 fully saturated rings. The van der Waals surface area contributed by atoms with Crippen LogP contribution in [0.2, 0.25) is 10.0 Å². The summed E-state index contributed by atoms with van der Waals surface area (Å²) in [4.78, 5) is -0.158. The highest BCUT2D eigenvalue weighted by molar-refractivity contribution is 8.13. The lowest BCUT2D eigenvalue weighted by Gasteiger charge is -2.11. The standard InChI is InChI=1S/C14H11Cl3O3S/c15-12-8-11(21(17,18)19)9-13(16)14(12)20-7-6-10-4-2-1-3-5-10/h1-5,8-9H,6-7H2. The van der Waals surface area contributed by atoms with Gasteiger partial charge in [-0.2, -0.15) is 0 Å². The van der Waals surface area contributed by atoms with Gasteiger partial charge in [0.15, 0.2) is 5.75 Å². The van der Waals surface area contributed by atoms with Crippen molar-refractivity contribution in [1.29, 1.82) is 0 Å². The third-order valence-corrected chi connectivity index (χ3v) is 4.63. The lowest BCUT2D eigenvalue weighted by Crippen LogP contribution is -2.03. The molecule has 0 saturated carbocycles. The average Bonchev–Trinajstić information content (AvgIpc) is 2.42. The summed E-state index contributed by atoms with van der Waals surface area (Å²) in [6.07, 6.45) is 0.684. The fourth-order valence-electron chi connectivity index (χ4n) is 1.73. The summed E-state index contributed by atoms with van der Waals surface area (Å²) in [5.41, 5.74) is 1.12. The van der Waals surface area contributed by atoms with Crippen LogP contribution in [0.1, 0.15) is 5.56 Å². The van der Waals surface area contributed by atoms with Crippen LogP contribution < -0.4 is 4.74 Å². The Morgan fingerprint density at radius 2 is 1.57 bits per heavy atom. The van der Waals surface area contributed by atoms with Crippen molar-refractivity contribution >= 4 is 42.9 Å². The van der Waals surface area contributed by atoms with E-state index in [1.54, 1.807) is 0 Å². The molecule has 0 bridgehead atoms. The second kappa shape index (κ2) is 6.88. The SMILES string of the molecule is O=S(=O)(Cl)c1cc(Cl)c(OCCc2ccccc2)c(Cl)c1. The van der Waals surface area contributed by atoms with Crippen molar-refractivity contribution in [3.63, 3.8) is 0 Å². The first kappa shape index (κ1) is 16.4. The summed E-state index contributed by atoms with van der Waals surface area (Å²) >= 11 is 12.0. The molecule has 112 valence electrons. The number of hydrogen-bond donors (Lipinski definition) is 0. The van der Waals surface area contributed by atoms with E-state index in [1.165, 1.54) is 12.1 Å². The number of halogens is 3. The predicted molar refractivity (Wildman–Crippen MR) is 85.1 cm³/mol. The monoisotopic (exact) mass is 364 g/mol. The highest BCUT2D eigenvalue weighted by atomic mass is 35.7. The van der Waals surface area contributed by atoms with Gasteiger partial charge in [0.25, 0.3) is 9.05 Å². The van der Waals surface area contributed by atoms with Gasteiger partial charge >= 0.3 is 0 Å². The predicted octanol–water partition coefficient (Wildman–Crippen LogP) is 4.54. The molecule has 0 atom stereocenters. The molecule has 0 spiro atoms. The minimum absolute atomic E-state index is 0.106. The smallest absolute Gasteiger partial charge is 0.261 e.